The van der Waals surface area contributed by atoms with Crippen LogP contribution in [0.4, 0.5) is 0 Å². The highest BCUT2D eigenvalue weighted by atomic mass is 79.9. The molecule has 0 radical (unpaired) electrons. The Morgan fingerprint density at radius 1 is 1.30 bits per heavy atom. The molecule has 1 atom stereocenters. The maximum atomic E-state index is 12.7. The van der Waals surface area contributed by atoms with E-state index in [1.165, 1.54) is 6.42 Å². The molecule has 0 bridgehead atoms. The Labute approximate surface area is 127 Å². The Morgan fingerprint density at radius 2 is 2.15 bits per heavy atom. The molecule has 1 aromatic carbocycles. The zero-order valence-electron chi connectivity index (χ0n) is 11.3. The van der Waals surface area contributed by atoms with E-state index in [2.05, 4.69) is 15.9 Å². The number of carbonyl (C=O) groups is 1. The number of rotatable bonds is 3. The van der Waals surface area contributed by atoms with Crippen molar-refractivity contribution in [3.63, 3.8) is 0 Å². The number of halogens is 1. The van der Waals surface area contributed by atoms with Crippen LogP contribution in [-0.2, 0) is 0 Å². The molecule has 0 aromatic heterocycles. The Bertz CT molecular complexity index is 504. The number of carbonyl (C=O) groups excluding carboxylic acids is 1. The molecular formula is C15H18BrNO3. The van der Waals surface area contributed by atoms with Crippen molar-refractivity contribution >= 4 is 21.8 Å². The van der Waals surface area contributed by atoms with Gasteiger partial charge in [-0.1, -0.05) is 15.9 Å². The van der Waals surface area contributed by atoms with Gasteiger partial charge in [0.2, 0.25) is 6.79 Å². The summed E-state index contributed by atoms with van der Waals surface area (Å²) in [6.45, 7) is 1.09. The lowest BCUT2D eigenvalue weighted by Gasteiger charge is -2.35. The largest absolute Gasteiger partial charge is 0.454 e. The van der Waals surface area contributed by atoms with E-state index in [0.29, 0.717) is 17.4 Å². The number of benzene rings is 1. The normalized spacial score (nSPS) is 21.1. The molecule has 1 amide bonds. The Kier molecular flexibility index (Phi) is 4.15. The van der Waals surface area contributed by atoms with Gasteiger partial charge in [-0.25, -0.2) is 0 Å². The van der Waals surface area contributed by atoms with Crippen LogP contribution in [0.25, 0.3) is 0 Å². The van der Waals surface area contributed by atoms with Gasteiger partial charge in [0.05, 0.1) is 0 Å². The molecule has 0 spiro atoms. The number of hydrogen-bond acceptors (Lipinski definition) is 3. The highest BCUT2D eigenvalue weighted by molar-refractivity contribution is 9.09. The molecule has 108 valence electrons. The van der Waals surface area contributed by atoms with Crippen LogP contribution < -0.4 is 9.47 Å². The molecule has 0 saturated carbocycles. The van der Waals surface area contributed by atoms with Crippen LogP contribution in [0.2, 0.25) is 0 Å². The minimum Gasteiger partial charge on any atom is -0.454 e. The van der Waals surface area contributed by atoms with E-state index in [1.807, 2.05) is 17.0 Å². The first-order chi connectivity index (χ1) is 9.79. The van der Waals surface area contributed by atoms with Gasteiger partial charge < -0.3 is 14.4 Å². The fourth-order valence-corrected chi connectivity index (χ4v) is 3.42. The van der Waals surface area contributed by atoms with Gasteiger partial charge in [0.1, 0.15) is 0 Å². The summed E-state index contributed by atoms with van der Waals surface area (Å²) in [5, 5.41) is 0.933. The molecular weight excluding hydrogens is 322 g/mol. The molecule has 2 aliphatic heterocycles. The molecule has 2 heterocycles. The second kappa shape index (κ2) is 6.04. The minimum atomic E-state index is 0.106. The van der Waals surface area contributed by atoms with Crippen molar-refractivity contribution in [2.75, 3.05) is 18.7 Å². The minimum absolute atomic E-state index is 0.106. The number of amides is 1. The molecule has 2 aliphatic rings. The summed E-state index contributed by atoms with van der Waals surface area (Å²) < 4.78 is 10.6. The van der Waals surface area contributed by atoms with Gasteiger partial charge in [0, 0.05) is 23.5 Å². The summed E-state index contributed by atoms with van der Waals surface area (Å²) in [4.78, 5) is 14.7. The topological polar surface area (TPSA) is 38.8 Å². The van der Waals surface area contributed by atoms with Crippen molar-refractivity contribution in [1.29, 1.82) is 0 Å². The number of hydrogen-bond donors (Lipinski definition) is 0. The first kappa shape index (κ1) is 13.7. The second-order valence-corrected chi connectivity index (χ2v) is 5.99. The zero-order valence-corrected chi connectivity index (χ0v) is 12.9. The fourth-order valence-electron chi connectivity index (χ4n) is 2.89. The van der Waals surface area contributed by atoms with Crippen LogP contribution in [0, 0.1) is 0 Å². The SMILES string of the molecule is O=C(c1ccc2c(c1)OCO2)N1CCCCC1CCBr. The Balaban J connectivity index is 1.80. The van der Waals surface area contributed by atoms with Crippen molar-refractivity contribution in [1.82, 2.24) is 4.90 Å². The van der Waals surface area contributed by atoms with Crippen LogP contribution in [0.3, 0.4) is 0 Å². The smallest absolute Gasteiger partial charge is 0.254 e. The van der Waals surface area contributed by atoms with Gasteiger partial charge in [0.25, 0.3) is 5.91 Å². The summed E-state index contributed by atoms with van der Waals surface area (Å²) >= 11 is 3.48. The molecule has 1 fully saturated rings. The molecule has 20 heavy (non-hydrogen) atoms. The van der Waals surface area contributed by atoms with E-state index in [4.69, 9.17) is 9.47 Å². The maximum absolute atomic E-state index is 12.7. The number of ether oxygens (including phenoxy) is 2. The number of piperidine rings is 1. The van der Waals surface area contributed by atoms with Crippen LogP contribution in [-0.4, -0.2) is 35.5 Å². The van der Waals surface area contributed by atoms with Crippen molar-refractivity contribution in [3.05, 3.63) is 23.8 Å². The predicted octanol–water partition coefficient (Wildman–Crippen LogP) is 3.20. The lowest BCUT2D eigenvalue weighted by molar-refractivity contribution is 0.0609. The molecule has 1 unspecified atom stereocenters. The molecule has 4 nitrogen and oxygen atoms in total. The molecule has 0 N–H and O–H groups in total. The first-order valence-corrected chi connectivity index (χ1v) is 8.18. The maximum Gasteiger partial charge on any atom is 0.254 e. The summed E-state index contributed by atoms with van der Waals surface area (Å²) in [5.74, 6) is 1.50. The van der Waals surface area contributed by atoms with Crippen LogP contribution in [0.5, 0.6) is 11.5 Å². The summed E-state index contributed by atoms with van der Waals surface area (Å²) in [7, 11) is 0. The third-order valence-electron chi connectivity index (χ3n) is 3.95. The predicted molar refractivity (Wildman–Crippen MR) is 79.7 cm³/mol. The standard InChI is InChI=1S/C15H18BrNO3/c16-7-6-12-3-1-2-8-17(12)15(18)11-4-5-13-14(9-11)20-10-19-13/h4-5,9,12H,1-3,6-8,10H2. The van der Waals surface area contributed by atoms with Gasteiger partial charge in [-0.3, -0.25) is 4.79 Å². The van der Waals surface area contributed by atoms with Crippen LogP contribution >= 0.6 is 15.9 Å². The molecule has 5 heteroatoms. The average molecular weight is 340 g/mol. The first-order valence-electron chi connectivity index (χ1n) is 7.06. The molecule has 1 aromatic rings. The van der Waals surface area contributed by atoms with Crippen molar-refractivity contribution < 1.29 is 14.3 Å². The molecule has 1 saturated heterocycles. The average Bonchev–Trinajstić information content (AvgIpc) is 2.95. The lowest BCUT2D eigenvalue weighted by Crippen LogP contribution is -2.43. The van der Waals surface area contributed by atoms with Gasteiger partial charge in [-0.2, -0.15) is 0 Å². The zero-order chi connectivity index (χ0) is 13.9. The number of alkyl halides is 1. The highest BCUT2D eigenvalue weighted by Gasteiger charge is 2.28. The third kappa shape index (κ3) is 2.64. The van der Waals surface area contributed by atoms with E-state index >= 15 is 0 Å². The van der Waals surface area contributed by atoms with Crippen molar-refractivity contribution in [3.8, 4) is 11.5 Å². The highest BCUT2D eigenvalue weighted by Crippen LogP contribution is 2.33. The number of nitrogens with zero attached hydrogens (tertiary/aromatic N) is 1. The van der Waals surface area contributed by atoms with Crippen LogP contribution in [0.1, 0.15) is 36.0 Å². The van der Waals surface area contributed by atoms with E-state index in [9.17, 15) is 4.79 Å². The van der Waals surface area contributed by atoms with E-state index in [1.54, 1.807) is 6.07 Å². The monoisotopic (exact) mass is 339 g/mol. The number of likely N-dealkylation sites (tertiary alicyclic amines) is 1. The Hall–Kier alpha value is -1.23. The summed E-state index contributed by atoms with van der Waals surface area (Å²) in [6, 6.07) is 5.79. The molecule has 3 rings (SSSR count). The summed E-state index contributed by atoms with van der Waals surface area (Å²) in [5.41, 5.74) is 0.690. The molecule has 0 aliphatic carbocycles. The second-order valence-electron chi connectivity index (χ2n) is 5.19. The van der Waals surface area contributed by atoms with Crippen molar-refractivity contribution in [2.45, 2.75) is 31.7 Å². The fraction of sp³-hybridized carbons (Fsp3) is 0.533. The van der Waals surface area contributed by atoms with E-state index < -0.39 is 0 Å². The van der Waals surface area contributed by atoms with Gasteiger partial charge in [-0.05, 0) is 43.9 Å². The lowest BCUT2D eigenvalue weighted by atomic mass is 9.99. The third-order valence-corrected chi connectivity index (χ3v) is 4.41. The van der Waals surface area contributed by atoms with Crippen molar-refractivity contribution in [2.24, 2.45) is 0 Å². The Morgan fingerprint density at radius 3 is 3.00 bits per heavy atom. The van der Waals surface area contributed by atoms with Crippen LogP contribution in [0.15, 0.2) is 18.2 Å². The quantitative estimate of drug-likeness (QED) is 0.794. The van der Waals surface area contributed by atoms with E-state index in [-0.39, 0.29) is 12.7 Å². The summed E-state index contributed by atoms with van der Waals surface area (Å²) in [6.07, 6.45) is 4.41. The van der Waals surface area contributed by atoms with Gasteiger partial charge in [0.15, 0.2) is 11.5 Å². The number of fused-ring (bicyclic) bond motifs is 1. The van der Waals surface area contributed by atoms with Gasteiger partial charge in [-0.15, -0.1) is 0 Å². The van der Waals surface area contributed by atoms with Gasteiger partial charge >= 0.3 is 0 Å². The van der Waals surface area contributed by atoms with E-state index in [0.717, 1.165) is 36.9 Å².